The molecule has 1 unspecified atom stereocenters. The highest BCUT2D eigenvalue weighted by Crippen LogP contribution is 2.18. The molecule has 0 bridgehead atoms. The van der Waals surface area contributed by atoms with Gasteiger partial charge in [0.2, 0.25) is 0 Å². The quantitative estimate of drug-likeness (QED) is 0.402. The van der Waals surface area contributed by atoms with Crippen LogP contribution in [0.2, 0.25) is 0 Å². The van der Waals surface area contributed by atoms with Crippen LogP contribution in [0.25, 0.3) is 0 Å². The average molecular weight is 300 g/mol. The van der Waals surface area contributed by atoms with E-state index >= 15 is 0 Å². The van der Waals surface area contributed by atoms with E-state index in [1.54, 1.807) is 0 Å². The van der Waals surface area contributed by atoms with Crippen LogP contribution in [0.15, 0.2) is 0 Å². The van der Waals surface area contributed by atoms with Crippen molar-refractivity contribution in [1.82, 2.24) is 0 Å². The second-order valence-corrected chi connectivity index (χ2v) is 5.86. The Labute approximate surface area is 129 Å². The van der Waals surface area contributed by atoms with Crippen molar-refractivity contribution in [3.05, 3.63) is 0 Å². The fourth-order valence-corrected chi connectivity index (χ4v) is 2.00. The topological polar surface area (TPSA) is 52.6 Å². The van der Waals surface area contributed by atoms with Gasteiger partial charge in [0.25, 0.3) is 0 Å². The third kappa shape index (κ3) is 10.3. The Kier molecular flexibility index (Phi) is 12.0. The predicted octanol–water partition coefficient (Wildman–Crippen LogP) is 4.12. The second kappa shape index (κ2) is 12.7. The second-order valence-electron chi connectivity index (χ2n) is 5.86. The minimum absolute atomic E-state index is 0.0758. The van der Waals surface area contributed by atoms with Crippen LogP contribution in [-0.4, -0.2) is 25.2 Å². The van der Waals surface area contributed by atoms with E-state index < -0.39 is 5.92 Å². The first-order valence-electron chi connectivity index (χ1n) is 8.35. The van der Waals surface area contributed by atoms with Crippen LogP contribution >= 0.6 is 0 Å². The van der Waals surface area contributed by atoms with Crippen LogP contribution in [0.5, 0.6) is 0 Å². The fraction of sp³-hybridized carbons (Fsp3) is 0.882. The summed E-state index contributed by atoms with van der Waals surface area (Å²) in [7, 11) is 0. The van der Waals surface area contributed by atoms with E-state index in [1.165, 1.54) is 0 Å². The lowest BCUT2D eigenvalue weighted by Gasteiger charge is -2.18. The Balaban J connectivity index is 4.10. The maximum absolute atomic E-state index is 12.0. The van der Waals surface area contributed by atoms with Gasteiger partial charge in [-0.2, -0.15) is 0 Å². The summed E-state index contributed by atoms with van der Waals surface area (Å²) in [5.74, 6) is -0.890. The van der Waals surface area contributed by atoms with Gasteiger partial charge < -0.3 is 9.47 Å². The lowest BCUT2D eigenvalue weighted by Crippen LogP contribution is -2.26. The molecule has 4 nitrogen and oxygen atoms in total. The van der Waals surface area contributed by atoms with Crippen molar-refractivity contribution >= 4 is 11.9 Å². The van der Waals surface area contributed by atoms with Gasteiger partial charge in [-0.1, -0.05) is 53.4 Å². The minimum Gasteiger partial charge on any atom is -0.466 e. The molecule has 1 atom stereocenters. The zero-order valence-corrected chi connectivity index (χ0v) is 14.2. The molecule has 0 saturated heterocycles. The Morgan fingerprint density at radius 3 is 1.86 bits per heavy atom. The van der Waals surface area contributed by atoms with E-state index in [0.29, 0.717) is 13.2 Å². The maximum atomic E-state index is 12.0. The number of carbonyl (C=O) groups is 2. The van der Waals surface area contributed by atoms with Gasteiger partial charge in [-0.25, -0.2) is 0 Å². The molecule has 0 fully saturated rings. The first-order valence-corrected chi connectivity index (χ1v) is 8.35. The minimum atomic E-state index is -0.398. The zero-order chi connectivity index (χ0) is 16.1. The lowest BCUT2D eigenvalue weighted by atomic mass is 9.93. The smallest absolute Gasteiger partial charge is 0.309 e. The molecular formula is C17H32O4. The first-order chi connectivity index (χ1) is 10.0. The third-order valence-electron chi connectivity index (χ3n) is 3.50. The molecule has 0 saturated carbocycles. The van der Waals surface area contributed by atoms with Crippen molar-refractivity contribution in [2.45, 2.75) is 72.6 Å². The van der Waals surface area contributed by atoms with Gasteiger partial charge in [-0.3, -0.25) is 9.59 Å². The largest absolute Gasteiger partial charge is 0.466 e. The molecule has 0 aliphatic heterocycles. The first kappa shape index (κ1) is 19.9. The molecule has 0 amide bonds. The number of rotatable bonds is 12. The van der Waals surface area contributed by atoms with Crippen molar-refractivity contribution in [2.24, 2.45) is 11.8 Å². The van der Waals surface area contributed by atoms with E-state index in [0.717, 1.165) is 38.5 Å². The zero-order valence-electron chi connectivity index (χ0n) is 14.2. The summed E-state index contributed by atoms with van der Waals surface area (Å²) in [6.07, 6.45) is 6.19. The highest BCUT2D eigenvalue weighted by Gasteiger charge is 2.27. The number of hydrogen-bond donors (Lipinski definition) is 0. The van der Waals surface area contributed by atoms with Crippen molar-refractivity contribution < 1.29 is 19.1 Å². The van der Waals surface area contributed by atoms with Crippen molar-refractivity contribution in [3.8, 4) is 0 Å². The maximum Gasteiger partial charge on any atom is 0.309 e. The van der Waals surface area contributed by atoms with Crippen LogP contribution in [0.3, 0.4) is 0 Å². The van der Waals surface area contributed by atoms with Crippen LogP contribution in [0.4, 0.5) is 0 Å². The summed E-state index contributed by atoms with van der Waals surface area (Å²) >= 11 is 0. The van der Waals surface area contributed by atoms with Crippen molar-refractivity contribution in [2.75, 3.05) is 13.2 Å². The van der Waals surface area contributed by atoms with E-state index in [9.17, 15) is 9.59 Å². The number of hydrogen-bond acceptors (Lipinski definition) is 4. The van der Waals surface area contributed by atoms with Crippen molar-refractivity contribution in [1.29, 1.82) is 0 Å². The molecule has 0 spiro atoms. The summed E-state index contributed by atoms with van der Waals surface area (Å²) in [5, 5.41) is 0. The van der Waals surface area contributed by atoms with E-state index in [1.807, 2.05) is 13.8 Å². The molecule has 21 heavy (non-hydrogen) atoms. The number of ether oxygens (including phenoxy) is 2. The molecule has 124 valence electrons. The van der Waals surface area contributed by atoms with Gasteiger partial charge in [-0.05, 0) is 18.8 Å². The summed E-state index contributed by atoms with van der Waals surface area (Å²) in [6.45, 7) is 8.97. The van der Waals surface area contributed by atoms with Gasteiger partial charge >= 0.3 is 11.9 Å². The van der Waals surface area contributed by atoms with Gasteiger partial charge in [0, 0.05) is 0 Å². The van der Waals surface area contributed by atoms with Gasteiger partial charge in [0.15, 0.2) is 0 Å². The summed E-state index contributed by atoms with van der Waals surface area (Å²) in [5.41, 5.74) is 0. The van der Waals surface area contributed by atoms with E-state index in [4.69, 9.17) is 9.47 Å². The van der Waals surface area contributed by atoms with E-state index in [-0.39, 0.29) is 24.3 Å². The third-order valence-corrected chi connectivity index (χ3v) is 3.50. The predicted molar refractivity (Wildman–Crippen MR) is 83.9 cm³/mol. The Bertz CT molecular complexity index is 287. The molecule has 0 aromatic carbocycles. The molecule has 0 aromatic heterocycles. The normalized spacial score (nSPS) is 12.2. The average Bonchev–Trinajstić information content (AvgIpc) is 2.45. The molecule has 0 rings (SSSR count). The molecule has 0 N–H and O–H groups in total. The van der Waals surface area contributed by atoms with Crippen LogP contribution in [0.1, 0.15) is 72.6 Å². The summed E-state index contributed by atoms with van der Waals surface area (Å²) in [6, 6.07) is 0. The SMILES string of the molecule is CCCCCOC(=O)CC(C(=O)OCCCCC)C(C)C. The number of carbonyl (C=O) groups excluding carboxylic acids is 2. The lowest BCUT2D eigenvalue weighted by molar-refractivity contribution is -0.157. The molecule has 0 aliphatic rings. The summed E-state index contributed by atoms with van der Waals surface area (Å²) < 4.78 is 10.4. The molecular weight excluding hydrogens is 268 g/mol. The van der Waals surface area contributed by atoms with Crippen LogP contribution < -0.4 is 0 Å². The highest BCUT2D eigenvalue weighted by atomic mass is 16.5. The van der Waals surface area contributed by atoms with Crippen LogP contribution in [-0.2, 0) is 19.1 Å². The van der Waals surface area contributed by atoms with Gasteiger partial charge in [0.05, 0.1) is 25.6 Å². The fourth-order valence-electron chi connectivity index (χ4n) is 2.00. The monoisotopic (exact) mass is 300 g/mol. The van der Waals surface area contributed by atoms with Crippen LogP contribution in [0, 0.1) is 11.8 Å². The molecule has 0 aromatic rings. The molecule has 4 heteroatoms. The number of esters is 2. The van der Waals surface area contributed by atoms with Gasteiger partial charge in [-0.15, -0.1) is 0 Å². The molecule has 0 heterocycles. The summed E-state index contributed by atoms with van der Waals surface area (Å²) in [4.78, 5) is 23.8. The Morgan fingerprint density at radius 1 is 0.857 bits per heavy atom. The van der Waals surface area contributed by atoms with Gasteiger partial charge in [0.1, 0.15) is 0 Å². The standard InChI is InChI=1S/C17H32O4/c1-5-7-9-11-20-16(18)13-15(14(3)4)17(19)21-12-10-8-6-2/h14-15H,5-13H2,1-4H3. The molecule has 0 aliphatic carbocycles. The Morgan fingerprint density at radius 2 is 1.38 bits per heavy atom. The highest BCUT2D eigenvalue weighted by molar-refractivity contribution is 5.80. The van der Waals surface area contributed by atoms with Crippen molar-refractivity contribution in [3.63, 3.8) is 0 Å². The Hall–Kier alpha value is -1.06. The number of unbranched alkanes of at least 4 members (excludes halogenated alkanes) is 4. The van der Waals surface area contributed by atoms with E-state index in [2.05, 4.69) is 13.8 Å². The molecule has 0 radical (unpaired) electrons.